The van der Waals surface area contributed by atoms with E-state index in [0.717, 1.165) is 29.8 Å². The molecule has 2 aliphatic rings. The van der Waals surface area contributed by atoms with Crippen molar-refractivity contribution in [3.05, 3.63) is 53.1 Å². The number of amides is 2. The standard InChI is InChI=1S/C30H45BFN3O4Si/c1-20-15-21(2)33-22(16-20)18-34-24(13-14-28(3,4)40(9,10)37)19-35(27(34)36)23-11-12-25(26(32)17-23)31-38-29(5,6)30(7,8)39-31/h11-12,15-17,24,37H,13-14,18-19H2,1-10H3. The van der Waals surface area contributed by atoms with Crippen molar-refractivity contribution in [2.45, 2.75) is 110 Å². The third-order valence-electron chi connectivity index (χ3n) is 9.36. The number of nitrogens with zero attached hydrogens (tertiary/aromatic N) is 3. The molecule has 2 aromatic rings. The lowest BCUT2D eigenvalue weighted by Gasteiger charge is -2.36. The summed E-state index contributed by atoms with van der Waals surface area (Å²) in [5.41, 5.74) is 2.49. The molecule has 0 aliphatic carbocycles. The molecule has 40 heavy (non-hydrogen) atoms. The average Bonchev–Trinajstić information content (AvgIpc) is 3.22. The van der Waals surface area contributed by atoms with E-state index in [-0.39, 0.29) is 17.1 Å². The van der Waals surface area contributed by atoms with E-state index in [1.165, 1.54) is 6.07 Å². The molecule has 10 heteroatoms. The first-order chi connectivity index (χ1) is 18.3. The van der Waals surface area contributed by atoms with Gasteiger partial charge < -0.3 is 19.0 Å². The van der Waals surface area contributed by atoms with Gasteiger partial charge in [0, 0.05) is 23.4 Å². The zero-order chi connectivity index (χ0) is 29.8. The van der Waals surface area contributed by atoms with Gasteiger partial charge in [0.15, 0.2) is 8.32 Å². The Morgan fingerprint density at radius 3 is 2.30 bits per heavy atom. The van der Waals surface area contributed by atoms with E-state index in [1.807, 2.05) is 71.7 Å². The van der Waals surface area contributed by atoms with Gasteiger partial charge in [0.2, 0.25) is 0 Å². The van der Waals surface area contributed by atoms with E-state index >= 15 is 4.39 Å². The molecule has 1 aromatic heterocycles. The highest BCUT2D eigenvalue weighted by Crippen LogP contribution is 2.42. The highest BCUT2D eigenvalue weighted by atomic mass is 28.4. The Morgan fingerprint density at radius 1 is 1.12 bits per heavy atom. The fourth-order valence-electron chi connectivity index (χ4n) is 5.22. The summed E-state index contributed by atoms with van der Waals surface area (Å²) >= 11 is 0. The molecular formula is C30H45BFN3O4Si. The molecule has 0 bridgehead atoms. The SMILES string of the molecule is Cc1cc(C)nc(CN2C(=O)N(c3ccc(B4OC(C)(C)C(C)(C)O4)c(F)c3)CC2CCC(C)(C)[Si](C)(C)O)c1. The van der Waals surface area contributed by atoms with E-state index < -0.39 is 32.5 Å². The molecule has 2 fully saturated rings. The normalized spacial score (nSPS) is 21.1. The van der Waals surface area contributed by atoms with Crippen LogP contribution in [0.25, 0.3) is 0 Å². The van der Waals surface area contributed by atoms with Crippen LogP contribution < -0.4 is 10.4 Å². The topological polar surface area (TPSA) is 75.1 Å². The van der Waals surface area contributed by atoms with Gasteiger partial charge in [-0.15, -0.1) is 0 Å². The largest absolute Gasteiger partial charge is 0.497 e. The first-order valence-corrected chi connectivity index (χ1v) is 17.2. The molecular weight excluding hydrogens is 524 g/mol. The Kier molecular flexibility index (Phi) is 8.08. The van der Waals surface area contributed by atoms with Crippen molar-refractivity contribution in [2.75, 3.05) is 11.4 Å². The van der Waals surface area contributed by atoms with Crippen molar-refractivity contribution < 1.29 is 23.3 Å². The van der Waals surface area contributed by atoms with Crippen LogP contribution >= 0.6 is 0 Å². The fraction of sp³-hybridized carbons (Fsp3) is 0.600. The maximum Gasteiger partial charge on any atom is 0.497 e. The predicted octanol–water partition coefficient (Wildman–Crippen LogP) is 5.71. The molecule has 4 rings (SSSR count). The number of carbonyl (C=O) groups is 1. The van der Waals surface area contributed by atoms with Crippen LogP contribution in [0.15, 0.2) is 30.3 Å². The van der Waals surface area contributed by atoms with Crippen molar-refractivity contribution in [3.8, 4) is 0 Å². The fourth-order valence-corrected chi connectivity index (χ4v) is 5.97. The molecule has 1 unspecified atom stereocenters. The van der Waals surface area contributed by atoms with Gasteiger partial charge in [-0.25, -0.2) is 9.18 Å². The van der Waals surface area contributed by atoms with Gasteiger partial charge in [-0.3, -0.25) is 9.88 Å². The highest BCUT2D eigenvalue weighted by molar-refractivity contribution is 6.72. The van der Waals surface area contributed by atoms with Gasteiger partial charge in [0.1, 0.15) is 5.82 Å². The van der Waals surface area contributed by atoms with Crippen molar-refractivity contribution in [2.24, 2.45) is 0 Å². The summed E-state index contributed by atoms with van der Waals surface area (Å²) in [6.07, 6.45) is 1.51. The molecule has 0 saturated carbocycles. The molecule has 1 aromatic carbocycles. The zero-order valence-corrected chi connectivity index (χ0v) is 26.8. The van der Waals surface area contributed by atoms with Crippen molar-refractivity contribution in [1.29, 1.82) is 0 Å². The molecule has 218 valence electrons. The van der Waals surface area contributed by atoms with Gasteiger partial charge in [0.25, 0.3) is 0 Å². The number of hydrogen-bond acceptors (Lipinski definition) is 5. The Hall–Kier alpha value is -2.27. The van der Waals surface area contributed by atoms with Crippen LogP contribution in [-0.4, -0.2) is 59.9 Å². The quantitative estimate of drug-likeness (QED) is 0.413. The van der Waals surface area contributed by atoms with Gasteiger partial charge in [0.05, 0.1) is 29.5 Å². The van der Waals surface area contributed by atoms with Gasteiger partial charge >= 0.3 is 13.1 Å². The Morgan fingerprint density at radius 2 is 1.75 bits per heavy atom. The summed E-state index contributed by atoms with van der Waals surface area (Å²) in [5.74, 6) is -0.469. The molecule has 3 heterocycles. The monoisotopic (exact) mass is 569 g/mol. The van der Waals surface area contributed by atoms with E-state index in [9.17, 15) is 9.59 Å². The van der Waals surface area contributed by atoms with E-state index in [1.54, 1.807) is 17.0 Å². The van der Waals surface area contributed by atoms with Crippen LogP contribution in [0.1, 0.15) is 71.3 Å². The smallest absolute Gasteiger partial charge is 0.432 e. The second kappa shape index (κ2) is 10.5. The summed E-state index contributed by atoms with van der Waals surface area (Å²) in [7, 11) is -3.23. The lowest BCUT2D eigenvalue weighted by molar-refractivity contribution is 0.00578. The first kappa shape index (κ1) is 30.7. The van der Waals surface area contributed by atoms with Crippen LogP contribution in [0, 0.1) is 19.7 Å². The molecule has 2 saturated heterocycles. The minimum atomic E-state index is -2.42. The Bertz CT molecular complexity index is 1240. The number of benzene rings is 1. The number of carbonyl (C=O) groups excluding carboxylic acids is 1. The molecule has 1 N–H and O–H groups in total. The maximum atomic E-state index is 15.5. The lowest BCUT2D eigenvalue weighted by atomic mass is 9.78. The third kappa shape index (κ3) is 6.00. The number of rotatable bonds is 8. The molecule has 1 atom stereocenters. The van der Waals surface area contributed by atoms with Gasteiger partial charge in [-0.2, -0.15) is 0 Å². The van der Waals surface area contributed by atoms with Crippen molar-refractivity contribution in [1.82, 2.24) is 9.88 Å². The van der Waals surface area contributed by atoms with Crippen molar-refractivity contribution in [3.63, 3.8) is 0 Å². The van der Waals surface area contributed by atoms with Crippen LogP contribution in [0.4, 0.5) is 14.9 Å². The number of aromatic nitrogens is 1. The number of pyridine rings is 1. The third-order valence-corrected chi connectivity index (χ3v) is 12.9. The molecule has 2 aliphatic heterocycles. The second-order valence-electron chi connectivity index (χ2n) is 13.7. The zero-order valence-electron chi connectivity index (χ0n) is 25.8. The van der Waals surface area contributed by atoms with E-state index in [4.69, 9.17) is 9.31 Å². The van der Waals surface area contributed by atoms with Crippen LogP contribution in [0.5, 0.6) is 0 Å². The second-order valence-corrected chi connectivity index (χ2v) is 18.2. The average molecular weight is 570 g/mol. The van der Waals surface area contributed by atoms with Crippen LogP contribution in [-0.2, 0) is 15.9 Å². The molecule has 0 radical (unpaired) electrons. The van der Waals surface area contributed by atoms with E-state index in [2.05, 4.69) is 18.8 Å². The van der Waals surface area contributed by atoms with Crippen LogP contribution in [0.2, 0.25) is 18.1 Å². The summed E-state index contributed by atoms with van der Waals surface area (Å²) in [6.45, 7) is 20.6. The summed E-state index contributed by atoms with van der Waals surface area (Å²) in [4.78, 5) is 32.9. The van der Waals surface area contributed by atoms with Gasteiger partial charge in [-0.05, 0) is 102 Å². The first-order valence-electron chi connectivity index (χ1n) is 14.2. The van der Waals surface area contributed by atoms with E-state index in [0.29, 0.717) is 24.2 Å². The lowest BCUT2D eigenvalue weighted by Crippen LogP contribution is -2.41. The highest BCUT2D eigenvalue weighted by Gasteiger charge is 2.52. The number of anilines is 1. The number of urea groups is 1. The number of hydrogen-bond donors (Lipinski definition) is 1. The Labute approximate surface area is 240 Å². The molecule has 7 nitrogen and oxygen atoms in total. The molecule has 0 spiro atoms. The van der Waals surface area contributed by atoms with Gasteiger partial charge in [-0.1, -0.05) is 19.9 Å². The summed E-state index contributed by atoms with van der Waals surface area (Å²) < 4.78 is 27.6. The minimum absolute atomic E-state index is 0.100. The minimum Gasteiger partial charge on any atom is -0.432 e. The Balaban J connectivity index is 1.60. The molecule has 2 amide bonds. The maximum absolute atomic E-state index is 15.5. The number of halogens is 1. The summed E-state index contributed by atoms with van der Waals surface area (Å²) in [6, 6.07) is 8.58. The predicted molar refractivity (Wildman–Crippen MR) is 161 cm³/mol. The summed E-state index contributed by atoms with van der Waals surface area (Å²) in [5, 5.41) is -0.218. The van der Waals surface area contributed by atoms with Crippen molar-refractivity contribution >= 4 is 32.6 Å². The number of aryl methyl sites for hydroxylation is 2. The van der Waals surface area contributed by atoms with Crippen LogP contribution in [0.3, 0.4) is 0 Å².